The lowest BCUT2D eigenvalue weighted by Gasteiger charge is -2.10. The fraction of sp³-hybridized carbons (Fsp3) is 0.857. The first-order valence-electron chi connectivity index (χ1n) is 4.34. The summed E-state index contributed by atoms with van der Waals surface area (Å²) in [5.41, 5.74) is 10.7. The molecule has 0 heterocycles. The van der Waals surface area contributed by atoms with Gasteiger partial charge in [-0.1, -0.05) is 6.42 Å². The minimum absolute atomic E-state index is 0.443. The van der Waals surface area contributed by atoms with Crippen molar-refractivity contribution in [1.82, 2.24) is 4.72 Å². The van der Waals surface area contributed by atoms with E-state index in [9.17, 15) is 13.2 Å². The molecule has 0 aromatic heterocycles. The van der Waals surface area contributed by atoms with Crippen molar-refractivity contribution in [3.63, 3.8) is 0 Å². The van der Waals surface area contributed by atoms with Crippen LogP contribution in [-0.4, -0.2) is 33.2 Å². The Kier molecular flexibility index (Phi) is 5.66. The molecule has 14 heavy (non-hydrogen) atoms. The van der Waals surface area contributed by atoms with Gasteiger partial charge in [-0.2, -0.15) is 0 Å². The Hall–Kier alpha value is -0.660. The molecule has 0 aromatic rings. The molecule has 0 unspecified atom stereocenters. The molecule has 7 heteroatoms. The molecule has 0 bridgehead atoms. The van der Waals surface area contributed by atoms with E-state index in [1.807, 2.05) is 4.72 Å². The Labute approximate surface area is 84.1 Å². The van der Waals surface area contributed by atoms with Gasteiger partial charge in [-0.15, -0.1) is 0 Å². The predicted molar refractivity (Wildman–Crippen MR) is 53.9 cm³/mol. The van der Waals surface area contributed by atoms with E-state index in [0.29, 0.717) is 13.0 Å². The van der Waals surface area contributed by atoms with E-state index in [4.69, 9.17) is 11.5 Å². The highest BCUT2D eigenvalue weighted by Crippen LogP contribution is 1.98. The van der Waals surface area contributed by atoms with Crippen LogP contribution < -0.4 is 16.2 Å². The number of hydrogen-bond donors (Lipinski definition) is 3. The molecule has 0 rings (SSSR count). The molecule has 1 atom stereocenters. The van der Waals surface area contributed by atoms with Crippen molar-refractivity contribution >= 4 is 15.9 Å². The van der Waals surface area contributed by atoms with Gasteiger partial charge in [-0.3, -0.25) is 9.52 Å². The lowest BCUT2D eigenvalue weighted by molar-refractivity contribution is -0.120. The summed E-state index contributed by atoms with van der Waals surface area (Å²) in [6, 6.07) is -0.781. The molecule has 1 amide bonds. The number of carbonyl (C=O) groups excluding carboxylic acids is 1. The lowest BCUT2D eigenvalue weighted by Crippen LogP contribution is -2.42. The van der Waals surface area contributed by atoms with Crippen molar-refractivity contribution < 1.29 is 13.2 Å². The molecule has 0 spiro atoms. The second-order valence-electron chi connectivity index (χ2n) is 3.13. The predicted octanol–water partition coefficient (Wildman–Crippen LogP) is -1.48. The van der Waals surface area contributed by atoms with Gasteiger partial charge in [0, 0.05) is 0 Å². The topological polar surface area (TPSA) is 115 Å². The number of amides is 1. The molecule has 0 fully saturated rings. The van der Waals surface area contributed by atoms with Crippen molar-refractivity contribution in [2.24, 2.45) is 11.5 Å². The minimum Gasteiger partial charge on any atom is -0.330 e. The molecule has 0 aromatic carbocycles. The quantitative estimate of drug-likeness (QED) is 0.475. The average molecular weight is 223 g/mol. The van der Waals surface area contributed by atoms with E-state index in [1.165, 1.54) is 0 Å². The van der Waals surface area contributed by atoms with Crippen LogP contribution in [0.2, 0.25) is 0 Å². The number of nitrogens with one attached hydrogen (secondary N) is 1. The normalized spacial score (nSPS) is 13.6. The van der Waals surface area contributed by atoms with Crippen LogP contribution in [0, 0.1) is 0 Å². The molecule has 0 aliphatic heterocycles. The lowest BCUT2D eigenvalue weighted by atomic mass is 10.1. The largest absolute Gasteiger partial charge is 0.330 e. The second-order valence-corrected chi connectivity index (χ2v) is 4.88. The maximum atomic E-state index is 11.1. The zero-order valence-corrected chi connectivity index (χ0v) is 9.01. The minimum atomic E-state index is -3.50. The maximum absolute atomic E-state index is 11.1. The van der Waals surface area contributed by atoms with E-state index in [0.717, 1.165) is 19.1 Å². The molecular weight excluding hydrogens is 206 g/mol. The molecule has 0 saturated heterocycles. The summed E-state index contributed by atoms with van der Waals surface area (Å²) in [7, 11) is -3.50. The van der Waals surface area contributed by atoms with Gasteiger partial charge in [0.15, 0.2) is 0 Å². The van der Waals surface area contributed by atoms with Crippen LogP contribution in [0.25, 0.3) is 0 Å². The fourth-order valence-electron chi connectivity index (χ4n) is 0.898. The molecule has 5 N–H and O–H groups in total. The monoisotopic (exact) mass is 223 g/mol. The summed E-state index contributed by atoms with van der Waals surface area (Å²) in [5, 5.41) is 0. The summed E-state index contributed by atoms with van der Waals surface area (Å²) in [6.07, 6.45) is 2.85. The molecule has 0 aliphatic carbocycles. The molecule has 84 valence electrons. The Morgan fingerprint density at radius 2 is 2.00 bits per heavy atom. The number of unbranched alkanes of at least 4 members (excludes halogenated alkanes) is 1. The molecule has 0 aliphatic rings. The summed E-state index contributed by atoms with van der Waals surface area (Å²) in [6.45, 7) is 0.542. The first-order chi connectivity index (χ1) is 6.37. The van der Waals surface area contributed by atoms with Crippen LogP contribution in [0.1, 0.15) is 19.3 Å². The van der Waals surface area contributed by atoms with E-state index in [2.05, 4.69) is 0 Å². The van der Waals surface area contributed by atoms with Crippen molar-refractivity contribution in [1.29, 1.82) is 0 Å². The molecule has 6 nitrogen and oxygen atoms in total. The van der Waals surface area contributed by atoms with Gasteiger partial charge in [0.1, 0.15) is 0 Å². The van der Waals surface area contributed by atoms with Crippen LogP contribution in [0.5, 0.6) is 0 Å². The third-order valence-electron chi connectivity index (χ3n) is 1.59. The van der Waals surface area contributed by atoms with Gasteiger partial charge < -0.3 is 11.5 Å². The van der Waals surface area contributed by atoms with Crippen LogP contribution in [0.3, 0.4) is 0 Å². The Morgan fingerprint density at radius 1 is 1.43 bits per heavy atom. The van der Waals surface area contributed by atoms with Gasteiger partial charge in [0.25, 0.3) is 0 Å². The standard InChI is InChI=1S/C7H17N3O3S/c1-14(12,13)10-7(11)6(9)4-2-3-5-8/h6H,2-5,8-9H2,1H3,(H,10,11)/t6-/m0/s1. The molecule has 0 saturated carbocycles. The Bertz CT molecular complexity index is 276. The van der Waals surface area contributed by atoms with Crippen LogP contribution >= 0.6 is 0 Å². The smallest absolute Gasteiger partial charge is 0.250 e. The third-order valence-corrected chi connectivity index (χ3v) is 2.16. The zero-order valence-electron chi connectivity index (χ0n) is 8.19. The van der Waals surface area contributed by atoms with Crippen molar-refractivity contribution in [3.05, 3.63) is 0 Å². The summed E-state index contributed by atoms with van der Waals surface area (Å²) in [5.74, 6) is -0.662. The first-order valence-corrected chi connectivity index (χ1v) is 6.23. The second kappa shape index (κ2) is 5.94. The van der Waals surface area contributed by atoms with E-state index < -0.39 is 22.0 Å². The summed E-state index contributed by atoms with van der Waals surface area (Å²) < 4.78 is 23.2. The molecule has 0 radical (unpaired) electrons. The van der Waals surface area contributed by atoms with Crippen LogP contribution in [0.4, 0.5) is 0 Å². The number of carbonyl (C=O) groups is 1. The summed E-state index contributed by atoms with van der Waals surface area (Å²) in [4.78, 5) is 11.1. The Balaban J connectivity index is 3.88. The summed E-state index contributed by atoms with van der Waals surface area (Å²) >= 11 is 0. The van der Waals surface area contributed by atoms with E-state index >= 15 is 0 Å². The fourth-order valence-corrected chi connectivity index (χ4v) is 1.41. The number of rotatable bonds is 6. The number of hydrogen-bond acceptors (Lipinski definition) is 5. The highest BCUT2D eigenvalue weighted by atomic mass is 32.2. The van der Waals surface area contributed by atoms with E-state index in [1.54, 1.807) is 0 Å². The van der Waals surface area contributed by atoms with Gasteiger partial charge >= 0.3 is 0 Å². The highest BCUT2D eigenvalue weighted by molar-refractivity contribution is 7.89. The van der Waals surface area contributed by atoms with Crippen LogP contribution in [-0.2, 0) is 14.8 Å². The van der Waals surface area contributed by atoms with Crippen molar-refractivity contribution in [3.8, 4) is 0 Å². The van der Waals surface area contributed by atoms with E-state index in [-0.39, 0.29) is 0 Å². The number of nitrogens with two attached hydrogens (primary N) is 2. The SMILES string of the molecule is CS(=O)(=O)NC(=O)[C@@H](N)CCCCN. The first kappa shape index (κ1) is 13.3. The van der Waals surface area contributed by atoms with Crippen LogP contribution in [0.15, 0.2) is 0 Å². The maximum Gasteiger partial charge on any atom is 0.250 e. The van der Waals surface area contributed by atoms with Gasteiger partial charge in [0.2, 0.25) is 15.9 Å². The Morgan fingerprint density at radius 3 is 2.43 bits per heavy atom. The van der Waals surface area contributed by atoms with Crippen molar-refractivity contribution in [2.75, 3.05) is 12.8 Å². The number of sulfonamides is 1. The van der Waals surface area contributed by atoms with Gasteiger partial charge in [0.05, 0.1) is 12.3 Å². The third kappa shape index (κ3) is 6.81. The van der Waals surface area contributed by atoms with Crippen molar-refractivity contribution in [2.45, 2.75) is 25.3 Å². The highest BCUT2D eigenvalue weighted by Gasteiger charge is 2.16. The average Bonchev–Trinajstić information content (AvgIpc) is 2.01. The van der Waals surface area contributed by atoms with Gasteiger partial charge in [-0.05, 0) is 19.4 Å². The zero-order chi connectivity index (χ0) is 11.2. The molecular formula is C7H17N3O3S. The van der Waals surface area contributed by atoms with Gasteiger partial charge in [-0.25, -0.2) is 8.42 Å².